The van der Waals surface area contributed by atoms with Crippen molar-refractivity contribution < 1.29 is 0 Å². The van der Waals surface area contributed by atoms with Crippen LogP contribution in [0.15, 0.2) is 0 Å². The fourth-order valence-corrected chi connectivity index (χ4v) is 2.26. The number of rotatable bonds is 3. The van der Waals surface area contributed by atoms with E-state index < -0.39 is 0 Å². The van der Waals surface area contributed by atoms with Gasteiger partial charge in [0.25, 0.3) is 0 Å². The van der Waals surface area contributed by atoms with Crippen LogP contribution in [0.5, 0.6) is 0 Å². The van der Waals surface area contributed by atoms with Crippen LogP contribution in [-0.4, -0.2) is 16.2 Å². The third-order valence-electron chi connectivity index (χ3n) is 2.95. The van der Waals surface area contributed by atoms with E-state index in [-0.39, 0.29) is 0 Å². The molecule has 0 unspecified atom stereocenters. The second-order valence-corrected chi connectivity index (χ2v) is 4.34. The molecule has 1 aliphatic rings. The molecule has 78 valence electrons. The van der Waals surface area contributed by atoms with Gasteiger partial charge >= 0.3 is 0 Å². The minimum absolute atomic E-state index is 0.605. The average molecular weight is 214 g/mol. The van der Waals surface area contributed by atoms with Gasteiger partial charge in [-0.3, -0.25) is 5.10 Å². The summed E-state index contributed by atoms with van der Waals surface area (Å²) in [6.45, 7) is 2.84. The molecule has 0 spiro atoms. The van der Waals surface area contributed by atoms with E-state index in [4.69, 9.17) is 11.6 Å². The Labute approximate surface area is 89.2 Å². The van der Waals surface area contributed by atoms with E-state index >= 15 is 0 Å². The summed E-state index contributed by atoms with van der Waals surface area (Å²) in [4.78, 5) is 0. The molecule has 0 radical (unpaired) electrons. The summed E-state index contributed by atoms with van der Waals surface area (Å²) in [5.41, 5.74) is 2.18. The molecule has 4 heteroatoms. The molecule has 1 saturated carbocycles. The molecule has 14 heavy (non-hydrogen) atoms. The number of nitrogens with one attached hydrogen (secondary N) is 2. The molecule has 0 aliphatic heterocycles. The molecule has 0 atom stereocenters. The van der Waals surface area contributed by atoms with Crippen molar-refractivity contribution >= 4 is 11.6 Å². The van der Waals surface area contributed by atoms with Crippen molar-refractivity contribution in [1.82, 2.24) is 15.5 Å². The van der Waals surface area contributed by atoms with E-state index in [2.05, 4.69) is 15.5 Å². The van der Waals surface area contributed by atoms with Crippen molar-refractivity contribution in [3.8, 4) is 0 Å². The number of halogens is 1. The van der Waals surface area contributed by atoms with Gasteiger partial charge in [0.2, 0.25) is 0 Å². The molecule has 2 rings (SSSR count). The summed E-state index contributed by atoms with van der Waals surface area (Å²) in [5, 5.41) is 11.0. The first-order chi connectivity index (χ1) is 6.77. The van der Waals surface area contributed by atoms with Crippen LogP contribution in [0, 0.1) is 6.92 Å². The van der Waals surface area contributed by atoms with Gasteiger partial charge in [-0.2, -0.15) is 5.10 Å². The molecule has 0 saturated heterocycles. The Morgan fingerprint density at radius 3 is 2.79 bits per heavy atom. The lowest BCUT2D eigenvalue weighted by Crippen LogP contribution is -2.25. The van der Waals surface area contributed by atoms with Gasteiger partial charge in [-0.05, 0) is 19.8 Å². The van der Waals surface area contributed by atoms with Gasteiger partial charge in [0, 0.05) is 23.8 Å². The van der Waals surface area contributed by atoms with Crippen LogP contribution in [0.25, 0.3) is 0 Å². The molecule has 0 bridgehead atoms. The van der Waals surface area contributed by atoms with Gasteiger partial charge in [-0.1, -0.05) is 24.4 Å². The maximum atomic E-state index is 5.95. The molecule has 1 fully saturated rings. The molecule has 1 aromatic rings. The minimum atomic E-state index is 0.605. The normalized spacial score (nSPS) is 17.9. The van der Waals surface area contributed by atoms with E-state index in [0.717, 1.165) is 17.8 Å². The predicted octanol–water partition coefficient (Wildman–Crippen LogP) is 2.40. The fraction of sp³-hybridized carbons (Fsp3) is 0.700. The standard InChI is InChI=1S/C10H16ClN3/c1-7-9(10(11)14-13-7)6-12-8-4-2-3-5-8/h8,12H,2-6H2,1H3,(H,13,14). The van der Waals surface area contributed by atoms with Crippen molar-refractivity contribution in [3.05, 3.63) is 16.4 Å². The average Bonchev–Trinajstić information content (AvgIpc) is 2.76. The Balaban J connectivity index is 1.90. The third-order valence-corrected chi connectivity index (χ3v) is 3.26. The highest BCUT2D eigenvalue weighted by Crippen LogP contribution is 2.20. The lowest BCUT2D eigenvalue weighted by atomic mass is 10.2. The maximum Gasteiger partial charge on any atom is 0.155 e. The van der Waals surface area contributed by atoms with Gasteiger partial charge < -0.3 is 5.32 Å². The van der Waals surface area contributed by atoms with E-state index in [9.17, 15) is 0 Å². The number of hydrogen-bond donors (Lipinski definition) is 2. The van der Waals surface area contributed by atoms with Gasteiger partial charge in [-0.25, -0.2) is 0 Å². The zero-order chi connectivity index (χ0) is 9.97. The monoisotopic (exact) mass is 213 g/mol. The number of H-pyrrole nitrogens is 1. The molecule has 1 heterocycles. The zero-order valence-electron chi connectivity index (χ0n) is 8.44. The first-order valence-corrected chi connectivity index (χ1v) is 5.58. The lowest BCUT2D eigenvalue weighted by Gasteiger charge is -2.11. The van der Waals surface area contributed by atoms with E-state index in [1.54, 1.807) is 0 Å². The largest absolute Gasteiger partial charge is 0.310 e. The van der Waals surface area contributed by atoms with Gasteiger partial charge in [0.15, 0.2) is 5.15 Å². The molecule has 3 nitrogen and oxygen atoms in total. The number of hydrogen-bond acceptors (Lipinski definition) is 2. The summed E-state index contributed by atoms with van der Waals surface area (Å²) < 4.78 is 0. The highest BCUT2D eigenvalue weighted by molar-refractivity contribution is 6.30. The number of aromatic amines is 1. The Hall–Kier alpha value is -0.540. The third kappa shape index (κ3) is 2.10. The SMILES string of the molecule is Cc1[nH]nc(Cl)c1CNC1CCCC1. The molecular weight excluding hydrogens is 198 g/mol. The van der Waals surface area contributed by atoms with Gasteiger partial charge in [0.05, 0.1) is 0 Å². The number of aryl methyl sites for hydroxylation is 1. The number of nitrogens with zero attached hydrogens (tertiary/aromatic N) is 1. The first-order valence-electron chi connectivity index (χ1n) is 5.20. The van der Waals surface area contributed by atoms with Crippen molar-refractivity contribution in [2.75, 3.05) is 0 Å². The Morgan fingerprint density at radius 1 is 1.50 bits per heavy atom. The summed E-state index contributed by atoms with van der Waals surface area (Å²) in [7, 11) is 0. The second-order valence-electron chi connectivity index (χ2n) is 3.98. The van der Waals surface area contributed by atoms with Crippen molar-refractivity contribution in [1.29, 1.82) is 0 Å². The molecule has 1 aliphatic carbocycles. The van der Waals surface area contributed by atoms with Gasteiger partial charge in [-0.15, -0.1) is 0 Å². The number of aromatic nitrogens is 2. The predicted molar refractivity (Wildman–Crippen MR) is 57.4 cm³/mol. The van der Waals surface area contributed by atoms with Crippen LogP contribution in [-0.2, 0) is 6.54 Å². The van der Waals surface area contributed by atoms with Crippen LogP contribution in [0.1, 0.15) is 36.9 Å². The Bertz CT molecular complexity index is 283. The fourth-order valence-electron chi connectivity index (χ4n) is 2.00. The maximum absolute atomic E-state index is 5.95. The van der Waals surface area contributed by atoms with Crippen molar-refractivity contribution in [2.24, 2.45) is 0 Å². The zero-order valence-corrected chi connectivity index (χ0v) is 9.19. The smallest absolute Gasteiger partial charge is 0.155 e. The van der Waals surface area contributed by atoms with Crippen LogP contribution in [0.4, 0.5) is 0 Å². The van der Waals surface area contributed by atoms with Gasteiger partial charge in [0.1, 0.15) is 0 Å². The topological polar surface area (TPSA) is 40.7 Å². The van der Waals surface area contributed by atoms with Crippen LogP contribution in [0.2, 0.25) is 5.15 Å². The molecule has 0 aromatic carbocycles. The minimum Gasteiger partial charge on any atom is -0.310 e. The highest BCUT2D eigenvalue weighted by atomic mass is 35.5. The first kappa shape index (κ1) is 9.99. The second kappa shape index (κ2) is 4.32. The summed E-state index contributed by atoms with van der Waals surface area (Å²) >= 11 is 5.95. The Morgan fingerprint density at radius 2 is 2.21 bits per heavy atom. The van der Waals surface area contributed by atoms with Crippen LogP contribution >= 0.6 is 11.6 Å². The molecular formula is C10H16ClN3. The van der Waals surface area contributed by atoms with Crippen LogP contribution in [0.3, 0.4) is 0 Å². The quantitative estimate of drug-likeness (QED) is 0.810. The summed E-state index contributed by atoms with van der Waals surface area (Å²) in [6, 6.07) is 0.681. The summed E-state index contributed by atoms with van der Waals surface area (Å²) in [6.07, 6.45) is 5.31. The van der Waals surface area contributed by atoms with E-state index in [1.807, 2.05) is 6.92 Å². The van der Waals surface area contributed by atoms with E-state index in [0.29, 0.717) is 11.2 Å². The molecule has 2 N–H and O–H groups in total. The summed E-state index contributed by atoms with van der Waals surface area (Å²) in [5.74, 6) is 0. The lowest BCUT2D eigenvalue weighted by molar-refractivity contribution is 0.523. The highest BCUT2D eigenvalue weighted by Gasteiger charge is 2.15. The molecule has 1 aromatic heterocycles. The van der Waals surface area contributed by atoms with E-state index in [1.165, 1.54) is 25.7 Å². The van der Waals surface area contributed by atoms with Crippen LogP contribution < -0.4 is 5.32 Å². The Kier molecular flexibility index (Phi) is 3.08. The van der Waals surface area contributed by atoms with Crippen molar-refractivity contribution in [3.63, 3.8) is 0 Å². The molecule has 0 amide bonds. The van der Waals surface area contributed by atoms with Crippen molar-refractivity contribution in [2.45, 2.75) is 45.2 Å².